The Morgan fingerprint density at radius 3 is 2.70 bits per heavy atom. The lowest BCUT2D eigenvalue weighted by Crippen LogP contribution is -2.47. The number of nitrogens with two attached hydrogens (primary N) is 1. The highest BCUT2D eigenvalue weighted by Gasteiger charge is 2.47. The molecule has 0 aromatic rings. The van der Waals surface area contributed by atoms with Crippen molar-refractivity contribution in [2.45, 2.75) is 76.9 Å². The van der Waals surface area contributed by atoms with Gasteiger partial charge in [0, 0.05) is 53.9 Å². The van der Waals surface area contributed by atoms with Gasteiger partial charge in [-0.1, -0.05) is 50.3 Å². The molecular formula is C34H46N6O4S2. The minimum absolute atomic E-state index is 0.102. The molecule has 5 aliphatic carbocycles. The van der Waals surface area contributed by atoms with E-state index >= 15 is 0 Å². The predicted octanol–water partition coefficient (Wildman–Crippen LogP) is 4.23. The van der Waals surface area contributed by atoms with E-state index in [0.717, 1.165) is 61.1 Å². The lowest BCUT2D eigenvalue weighted by molar-refractivity contribution is 0.132. The fourth-order valence-corrected chi connectivity index (χ4v) is 8.71. The minimum Gasteiger partial charge on any atom is -0.449 e. The van der Waals surface area contributed by atoms with E-state index < -0.39 is 28.1 Å². The normalized spacial score (nSPS) is 30.2. The number of fused-ring (bicyclic) bond motifs is 2. The van der Waals surface area contributed by atoms with Crippen molar-refractivity contribution in [3.8, 4) is 0 Å². The van der Waals surface area contributed by atoms with Crippen LogP contribution in [0.25, 0.3) is 0 Å². The molecule has 0 aromatic heterocycles. The number of hydrogen-bond acceptors (Lipinski definition) is 7. The Hall–Kier alpha value is -3.06. The number of rotatable bonds is 10. The lowest BCUT2D eigenvalue weighted by Gasteiger charge is -2.35. The highest BCUT2D eigenvalue weighted by molar-refractivity contribution is 7.93. The second-order valence-corrected chi connectivity index (χ2v) is 15.8. The summed E-state index contributed by atoms with van der Waals surface area (Å²) in [6.45, 7) is 4.55. The number of ether oxygens (including phenoxy) is 1. The second-order valence-electron chi connectivity index (χ2n) is 13.6. The topological polar surface area (TPSA) is 147 Å². The number of aliphatic imine (C=N–C) groups is 1. The van der Waals surface area contributed by atoms with Crippen molar-refractivity contribution in [3.05, 3.63) is 70.0 Å². The maximum atomic E-state index is 13.9. The second kappa shape index (κ2) is 14.0. The molecule has 0 aromatic carbocycles. The van der Waals surface area contributed by atoms with Crippen LogP contribution in [0.15, 0.2) is 75.0 Å². The van der Waals surface area contributed by atoms with Crippen LogP contribution in [-0.2, 0) is 14.8 Å². The van der Waals surface area contributed by atoms with E-state index in [0.29, 0.717) is 28.9 Å². The molecule has 0 spiro atoms. The number of carbonyl (C=O) groups is 1. The van der Waals surface area contributed by atoms with E-state index in [1.165, 1.54) is 0 Å². The Balaban J connectivity index is 1.30. The molecule has 12 heteroatoms. The molecule has 0 saturated heterocycles. The number of amides is 1. The Labute approximate surface area is 277 Å². The maximum absolute atomic E-state index is 13.9. The lowest BCUT2D eigenvalue weighted by atomic mass is 9.77. The van der Waals surface area contributed by atoms with Crippen molar-refractivity contribution in [1.29, 1.82) is 0 Å². The largest absolute Gasteiger partial charge is 0.449 e. The van der Waals surface area contributed by atoms with Crippen molar-refractivity contribution >= 4 is 39.7 Å². The summed E-state index contributed by atoms with van der Waals surface area (Å²) in [4.78, 5) is 18.3. The van der Waals surface area contributed by atoms with Crippen molar-refractivity contribution in [3.63, 3.8) is 0 Å². The molecule has 0 bridgehead atoms. The first kappa shape index (κ1) is 32.9. The SMILES string of the molecule is CC(C)CNS(=O)(=O)C1=CC2=C(C3C=NC(C4CC4)=C[C@@H]13)[C@@H](NC(=S)NC1=CCCCC1N)C[C@@H]2NC(=O)OCC1C=CC=CC1. The Kier molecular flexibility index (Phi) is 9.98. The number of hydrogen-bond donors (Lipinski definition) is 5. The third kappa shape index (κ3) is 7.56. The predicted molar refractivity (Wildman–Crippen MR) is 185 cm³/mol. The van der Waals surface area contributed by atoms with Crippen LogP contribution in [0.4, 0.5) is 4.79 Å². The Morgan fingerprint density at radius 2 is 1.98 bits per heavy atom. The van der Waals surface area contributed by atoms with Crippen LogP contribution in [-0.4, -0.2) is 57.1 Å². The summed E-state index contributed by atoms with van der Waals surface area (Å²) in [6.07, 6.45) is 21.6. The van der Waals surface area contributed by atoms with Gasteiger partial charge in [-0.25, -0.2) is 17.9 Å². The third-order valence-corrected chi connectivity index (χ3v) is 11.3. The van der Waals surface area contributed by atoms with E-state index in [1.807, 2.05) is 44.4 Å². The molecular weight excluding hydrogens is 621 g/mol. The minimum atomic E-state index is -3.83. The Bertz CT molecular complexity index is 1550. The van der Waals surface area contributed by atoms with E-state index in [-0.39, 0.29) is 36.4 Å². The van der Waals surface area contributed by atoms with E-state index in [1.54, 1.807) is 6.08 Å². The van der Waals surface area contributed by atoms with Crippen molar-refractivity contribution < 1.29 is 17.9 Å². The van der Waals surface area contributed by atoms with Gasteiger partial charge in [-0.05, 0) is 80.3 Å². The molecule has 1 fully saturated rings. The fourth-order valence-electron chi connectivity index (χ4n) is 6.88. The van der Waals surface area contributed by atoms with Crippen LogP contribution in [0, 0.1) is 29.6 Å². The quantitative estimate of drug-likeness (QED) is 0.218. The first-order chi connectivity index (χ1) is 22.1. The summed E-state index contributed by atoms with van der Waals surface area (Å²) in [5, 5.41) is 10.3. The van der Waals surface area contributed by atoms with Gasteiger partial charge >= 0.3 is 6.09 Å². The van der Waals surface area contributed by atoms with Gasteiger partial charge in [0.25, 0.3) is 0 Å². The van der Waals surface area contributed by atoms with Crippen molar-refractivity contribution in [1.82, 2.24) is 20.7 Å². The van der Waals surface area contributed by atoms with Gasteiger partial charge in [0.05, 0.1) is 23.6 Å². The molecule has 3 unspecified atom stereocenters. The molecule has 46 heavy (non-hydrogen) atoms. The summed E-state index contributed by atoms with van der Waals surface area (Å²) < 4.78 is 36.2. The number of sulfonamides is 1. The van der Waals surface area contributed by atoms with Gasteiger partial charge in [-0.15, -0.1) is 0 Å². The number of nitrogens with one attached hydrogen (secondary N) is 4. The van der Waals surface area contributed by atoms with Crippen LogP contribution in [0.1, 0.15) is 58.8 Å². The third-order valence-electron chi connectivity index (χ3n) is 9.49. The molecule has 1 heterocycles. The molecule has 1 amide bonds. The molecule has 248 valence electrons. The van der Waals surface area contributed by atoms with Gasteiger partial charge in [0.1, 0.15) is 0 Å². The first-order valence-electron chi connectivity index (χ1n) is 16.6. The zero-order valence-electron chi connectivity index (χ0n) is 26.6. The molecule has 1 saturated carbocycles. The Morgan fingerprint density at radius 1 is 1.15 bits per heavy atom. The molecule has 6 aliphatic rings. The van der Waals surface area contributed by atoms with E-state index in [4.69, 9.17) is 27.7 Å². The van der Waals surface area contributed by atoms with Gasteiger partial charge in [-0.2, -0.15) is 0 Å². The zero-order chi connectivity index (χ0) is 32.4. The standard InChI is InChI=1S/C34H46N6O4S2/c1-20(2)17-37-46(42,43)31-15-24-29(40-34(41)44-19-21-8-4-3-5-9-21)16-30(39-33(45)38-27-11-7-6-10-26(27)35)32(24)25-18-36-28(14-23(25)31)22-12-13-22/h3-5,8,11,14-15,18,20-23,25-26,29-30,37H,6-7,9-10,12-13,16-17,19,35H2,1-2H3,(H,40,41)(H2,38,39,45)/t21?,23-,25?,26?,29+,30+/m1/s1. The summed E-state index contributed by atoms with van der Waals surface area (Å²) in [5.74, 6) is -0.0755. The van der Waals surface area contributed by atoms with Gasteiger partial charge in [0.15, 0.2) is 5.11 Å². The van der Waals surface area contributed by atoms with Crippen LogP contribution in [0.3, 0.4) is 0 Å². The summed E-state index contributed by atoms with van der Waals surface area (Å²) >= 11 is 5.78. The van der Waals surface area contributed by atoms with Gasteiger partial charge < -0.3 is 26.4 Å². The van der Waals surface area contributed by atoms with E-state index in [2.05, 4.69) is 32.8 Å². The summed E-state index contributed by atoms with van der Waals surface area (Å²) in [7, 11) is -3.83. The molecule has 6 N–H and O–H groups in total. The van der Waals surface area contributed by atoms with E-state index in [9.17, 15) is 13.2 Å². The fraction of sp³-hybridized carbons (Fsp3) is 0.559. The van der Waals surface area contributed by atoms with Gasteiger partial charge in [0.2, 0.25) is 10.0 Å². The maximum Gasteiger partial charge on any atom is 0.407 e. The number of allylic oxidation sites excluding steroid dienone is 7. The average Bonchev–Trinajstić information content (AvgIpc) is 3.83. The van der Waals surface area contributed by atoms with Gasteiger partial charge in [-0.3, -0.25) is 4.99 Å². The molecule has 6 rings (SSSR count). The first-order valence-corrected chi connectivity index (χ1v) is 18.5. The number of alkyl carbamates (subject to hydrolysis) is 1. The van der Waals surface area contributed by atoms with Crippen LogP contribution in [0.5, 0.6) is 0 Å². The molecule has 10 nitrogen and oxygen atoms in total. The summed E-state index contributed by atoms with van der Waals surface area (Å²) in [6, 6.07) is -0.861. The monoisotopic (exact) mass is 666 g/mol. The number of thiocarbonyl (C=S) groups is 1. The van der Waals surface area contributed by atoms with Crippen molar-refractivity contribution in [2.24, 2.45) is 40.3 Å². The highest BCUT2D eigenvalue weighted by atomic mass is 32.2. The summed E-state index contributed by atoms with van der Waals surface area (Å²) in [5.41, 5.74) is 9.94. The number of nitrogens with zero attached hydrogens (tertiary/aromatic N) is 1. The van der Waals surface area contributed by atoms with Crippen LogP contribution in [0.2, 0.25) is 0 Å². The zero-order valence-corrected chi connectivity index (χ0v) is 28.2. The van der Waals surface area contributed by atoms with Crippen LogP contribution >= 0.6 is 12.2 Å². The molecule has 0 radical (unpaired) electrons. The number of carbonyl (C=O) groups excluding carboxylic acids is 1. The smallest absolute Gasteiger partial charge is 0.407 e. The average molecular weight is 667 g/mol. The molecule has 6 atom stereocenters. The molecule has 1 aliphatic heterocycles. The van der Waals surface area contributed by atoms with Crippen molar-refractivity contribution in [2.75, 3.05) is 13.2 Å². The highest BCUT2D eigenvalue weighted by Crippen LogP contribution is 2.48. The van der Waals surface area contributed by atoms with Crippen LogP contribution < -0.4 is 26.4 Å².